The number of nitrogens with one attached hydrogen (secondary N) is 1. The lowest BCUT2D eigenvalue weighted by molar-refractivity contribution is -0.0390. The maximum atomic E-state index is 6.11. The maximum Gasteiger partial charge on any atom is 0.193 e. The lowest BCUT2D eigenvalue weighted by atomic mass is 10.1. The normalized spacial score (nSPS) is 14.4. The number of nitrogens with two attached hydrogens (primary N) is 1. The third-order valence-corrected chi connectivity index (χ3v) is 5.16. The van der Waals surface area contributed by atoms with Crippen LogP contribution in [0.4, 0.5) is 5.69 Å². The van der Waals surface area contributed by atoms with Gasteiger partial charge in [0.1, 0.15) is 11.5 Å². The third-order valence-electron chi connectivity index (χ3n) is 5.16. The summed E-state index contributed by atoms with van der Waals surface area (Å²) in [5.74, 6) is 1.86. The van der Waals surface area contributed by atoms with Crippen molar-refractivity contribution < 1.29 is 14.2 Å². The Morgan fingerprint density at radius 3 is 2.45 bits per heavy atom. The minimum absolute atomic E-state index is 0. The Balaban J connectivity index is 0.00000306. The van der Waals surface area contributed by atoms with E-state index < -0.39 is 0 Å². The van der Waals surface area contributed by atoms with Crippen molar-refractivity contribution in [3.05, 3.63) is 90.0 Å². The summed E-state index contributed by atoms with van der Waals surface area (Å²) in [6.45, 7) is 2.66. The number of benzene rings is 3. The van der Waals surface area contributed by atoms with Crippen LogP contribution in [0.2, 0.25) is 0 Å². The Labute approximate surface area is 212 Å². The van der Waals surface area contributed by atoms with Crippen LogP contribution in [-0.2, 0) is 22.6 Å². The lowest BCUT2D eigenvalue weighted by Crippen LogP contribution is -2.23. The summed E-state index contributed by atoms with van der Waals surface area (Å²) in [5.41, 5.74) is 9.16. The molecule has 0 aromatic heterocycles. The number of guanidine groups is 1. The van der Waals surface area contributed by atoms with E-state index in [0.717, 1.165) is 54.4 Å². The summed E-state index contributed by atoms with van der Waals surface area (Å²) in [6.07, 6.45) is 2.21. The van der Waals surface area contributed by atoms with Gasteiger partial charge in [0.25, 0.3) is 0 Å². The Bertz CT molecular complexity index is 1020. The van der Waals surface area contributed by atoms with Gasteiger partial charge in [0, 0.05) is 25.0 Å². The van der Waals surface area contributed by atoms with Gasteiger partial charge < -0.3 is 25.3 Å². The molecule has 0 atom stereocenters. The molecule has 0 aliphatic carbocycles. The van der Waals surface area contributed by atoms with E-state index in [1.807, 2.05) is 66.7 Å². The summed E-state index contributed by atoms with van der Waals surface area (Å²) in [4.78, 5) is 4.48. The van der Waals surface area contributed by atoms with E-state index in [1.54, 1.807) is 0 Å². The fourth-order valence-corrected chi connectivity index (χ4v) is 3.50. The van der Waals surface area contributed by atoms with Crippen LogP contribution in [0.5, 0.6) is 11.5 Å². The van der Waals surface area contributed by atoms with Crippen molar-refractivity contribution in [3.63, 3.8) is 0 Å². The standard InChI is InChI=1S/C26H29N3O3.HI/c27-26(29-22-8-5-11-25(17-22)32-24-9-2-1-3-10-24)28-18-20-6-4-7-21(16-20)19-31-23-12-14-30-15-13-23;/h1-11,16-17,23H,12-15,18-19H2,(H3,27,28,29);1H. The molecule has 33 heavy (non-hydrogen) atoms. The molecule has 3 aromatic rings. The molecule has 1 saturated heterocycles. The first-order valence-corrected chi connectivity index (χ1v) is 10.9. The number of para-hydroxylation sites is 1. The first-order chi connectivity index (χ1) is 15.7. The number of hydrogen-bond acceptors (Lipinski definition) is 4. The predicted molar refractivity (Wildman–Crippen MR) is 142 cm³/mol. The van der Waals surface area contributed by atoms with Crippen molar-refractivity contribution in [3.8, 4) is 11.5 Å². The summed E-state index contributed by atoms with van der Waals surface area (Å²) in [5, 5.41) is 3.13. The van der Waals surface area contributed by atoms with E-state index >= 15 is 0 Å². The average Bonchev–Trinajstić information content (AvgIpc) is 2.83. The quantitative estimate of drug-likeness (QED) is 0.210. The van der Waals surface area contributed by atoms with Crippen molar-refractivity contribution in [2.45, 2.75) is 32.1 Å². The lowest BCUT2D eigenvalue weighted by Gasteiger charge is -2.22. The Kier molecular flexibility index (Phi) is 9.99. The number of hydrogen-bond donors (Lipinski definition) is 2. The first kappa shape index (κ1) is 25.0. The molecule has 7 heteroatoms. The Morgan fingerprint density at radius 2 is 1.64 bits per heavy atom. The van der Waals surface area contributed by atoms with Gasteiger partial charge in [0.2, 0.25) is 0 Å². The molecule has 1 fully saturated rings. The van der Waals surface area contributed by atoms with Crippen LogP contribution in [0.1, 0.15) is 24.0 Å². The fraction of sp³-hybridized carbons (Fsp3) is 0.269. The van der Waals surface area contributed by atoms with Gasteiger partial charge in [-0.05, 0) is 48.2 Å². The molecule has 0 spiro atoms. The zero-order chi connectivity index (χ0) is 22.0. The summed E-state index contributed by atoms with van der Waals surface area (Å²) in [6, 6.07) is 25.6. The van der Waals surface area contributed by atoms with Crippen LogP contribution in [0.15, 0.2) is 83.9 Å². The third kappa shape index (κ3) is 8.34. The topological polar surface area (TPSA) is 78.1 Å². The van der Waals surface area contributed by atoms with Gasteiger partial charge in [0.05, 0.1) is 19.3 Å². The van der Waals surface area contributed by atoms with Gasteiger partial charge in [-0.15, -0.1) is 24.0 Å². The maximum absolute atomic E-state index is 6.11. The molecule has 0 bridgehead atoms. The zero-order valence-electron chi connectivity index (χ0n) is 18.5. The van der Waals surface area contributed by atoms with Crippen molar-refractivity contribution in [1.29, 1.82) is 0 Å². The molecule has 1 heterocycles. The van der Waals surface area contributed by atoms with Crippen LogP contribution < -0.4 is 15.8 Å². The molecule has 0 amide bonds. The van der Waals surface area contributed by atoms with E-state index in [4.69, 9.17) is 19.9 Å². The molecule has 6 nitrogen and oxygen atoms in total. The number of anilines is 1. The number of nitrogens with zero attached hydrogens (tertiary/aromatic N) is 1. The van der Waals surface area contributed by atoms with Crippen LogP contribution in [0, 0.1) is 0 Å². The molecule has 174 valence electrons. The number of aliphatic imine (C=N–C) groups is 1. The minimum atomic E-state index is 0. The van der Waals surface area contributed by atoms with E-state index in [-0.39, 0.29) is 30.1 Å². The molecule has 3 aromatic carbocycles. The van der Waals surface area contributed by atoms with Gasteiger partial charge in [-0.1, -0.05) is 48.5 Å². The van der Waals surface area contributed by atoms with Crippen LogP contribution in [-0.4, -0.2) is 25.3 Å². The van der Waals surface area contributed by atoms with Crippen molar-refractivity contribution >= 4 is 35.6 Å². The second kappa shape index (κ2) is 13.2. The second-order valence-electron chi connectivity index (χ2n) is 7.71. The highest BCUT2D eigenvalue weighted by atomic mass is 127. The van der Waals surface area contributed by atoms with Gasteiger partial charge in [-0.25, -0.2) is 4.99 Å². The van der Waals surface area contributed by atoms with E-state index in [0.29, 0.717) is 19.1 Å². The molecule has 0 radical (unpaired) electrons. The van der Waals surface area contributed by atoms with Crippen molar-refractivity contribution in [2.75, 3.05) is 18.5 Å². The van der Waals surface area contributed by atoms with Crippen LogP contribution in [0.25, 0.3) is 0 Å². The highest BCUT2D eigenvalue weighted by Crippen LogP contribution is 2.23. The van der Waals surface area contributed by atoms with E-state index in [9.17, 15) is 0 Å². The monoisotopic (exact) mass is 559 g/mol. The Hall–Kier alpha value is -2.62. The summed E-state index contributed by atoms with van der Waals surface area (Å²) in [7, 11) is 0. The molecule has 3 N–H and O–H groups in total. The highest BCUT2D eigenvalue weighted by Gasteiger charge is 2.14. The molecule has 4 rings (SSSR count). The SMILES string of the molecule is I.NC(=NCc1cccc(COC2CCOCC2)c1)Nc1cccc(Oc2ccccc2)c1. The van der Waals surface area contributed by atoms with Crippen molar-refractivity contribution in [2.24, 2.45) is 10.7 Å². The average molecular weight is 559 g/mol. The van der Waals surface area contributed by atoms with Crippen molar-refractivity contribution in [1.82, 2.24) is 0 Å². The first-order valence-electron chi connectivity index (χ1n) is 10.9. The van der Waals surface area contributed by atoms with Crippen LogP contribution in [0.3, 0.4) is 0 Å². The summed E-state index contributed by atoms with van der Waals surface area (Å²) >= 11 is 0. The van der Waals surface area contributed by atoms with Gasteiger partial charge >= 0.3 is 0 Å². The summed E-state index contributed by atoms with van der Waals surface area (Å²) < 4.78 is 17.3. The highest BCUT2D eigenvalue weighted by molar-refractivity contribution is 14.0. The fourth-order valence-electron chi connectivity index (χ4n) is 3.50. The number of ether oxygens (including phenoxy) is 3. The molecule has 1 aliphatic heterocycles. The molecule has 0 unspecified atom stereocenters. The van der Waals surface area contributed by atoms with E-state index in [2.05, 4.69) is 22.4 Å². The van der Waals surface area contributed by atoms with Crippen LogP contribution >= 0.6 is 24.0 Å². The molecular weight excluding hydrogens is 529 g/mol. The van der Waals surface area contributed by atoms with Gasteiger partial charge in [-0.3, -0.25) is 0 Å². The van der Waals surface area contributed by atoms with Gasteiger partial charge in [0.15, 0.2) is 5.96 Å². The van der Waals surface area contributed by atoms with Gasteiger partial charge in [-0.2, -0.15) is 0 Å². The number of rotatable bonds is 8. The Morgan fingerprint density at radius 1 is 0.909 bits per heavy atom. The second-order valence-corrected chi connectivity index (χ2v) is 7.71. The molecular formula is C26H30IN3O3. The minimum Gasteiger partial charge on any atom is -0.457 e. The molecule has 0 saturated carbocycles. The smallest absolute Gasteiger partial charge is 0.193 e. The largest absolute Gasteiger partial charge is 0.457 e. The number of halogens is 1. The predicted octanol–water partition coefficient (Wildman–Crippen LogP) is 5.72. The molecule has 1 aliphatic rings. The van der Waals surface area contributed by atoms with E-state index in [1.165, 1.54) is 0 Å². The zero-order valence-corrected chi connectivity index (χ0v) is 20.8.